The molecule has 0 aliphatic carbocycles. The van der Waals surface area contributed by atoms with Crippen LogP contribution in [0.15, 0.2) is 30.4 Å². The van der Waals surface area contributed by atoms with E-state index in [-0.39, 0.29) is 0 Å². The van der Waals surface area contributed by atoms with E-state index < -0.39 is 0 Å². The molecule has 0 N–H and O–H groups in total. The van der Waals surface area contributed by atoms with Gasteiger partial charge in [0.25, 0.3) is 0 Å². The highest BCUT2D eigenvalue weighted by atomic mass is 14.1. The zero-order chi connectivity index (χ0) is 13.4. The van der Waals surface area contributed by atoms with Crippen molar-refractivity contribution in [2.24, 2.45) is 0 Å². The second kappa shape index (κ2) is 7.50. The Balaban J connectivity index is 3.58. The lowest BCUT2D eigenvalue weighted by atomic mass is 9.94. The van der Waals surface area contributed by atoms with Gasteiger partial charge in [-0.25, -0.2) is 0 Å². The average Bonchev–Trinajstić information content (AvgIpc) is 2.37. The summed E-state index contributed by atoms with van der Waals surface area (Å²) in [6, 6.07) is 5.41. The van der Waals surface area contributed by atoms with Crippen LogP contribution in [0, 0.1) is 6.07 Å². The van der Waals surface area contributed by atoms with E-state index in [1.807, 2.05) is 33.8 Å². The van der Waals surface area contributed by atoms with E-state index in [4.69, 9.17) is 0 Å². The second-order valence-electron chi connectivity index (χ2n) is 3.99. The van der Waals surface area contributed by atoms with Gasteiger partial charge in [-0.1, -0.05) is 48.6 Å². The molecule has 0 saturated carbocycles. The summed E-state index contributed by atoms with van der Waals surface area (Å²) in [5, 5.41) is 0. The first-order valence-electron chi connectivity index (χ1n) is 6.37. The maximum atomic E-state index is 3.35. The molecule has 0 saturated heterocycles. The predicted molar refractivity (Wildman–Crippen MR) is 84.1 cm³/mol. The molecule has 0 amide bonds. The minimum Gasteiger partial charge on any atom is -0.0870 e. The van der Waals surface area contributed by atoms with Crippen molar-refractivity contribution in [3.05, 3.63) is 58.7 Å². The van der Waals surface area contributed by atoms with Crippen LogP contribution in [0.4, 0.5) is 0 Å². The number of hydrogen-bond acceptors (Lipinski definition) is 0. The Labute approximate surface area is 111 Å². The molecular weight excluding hydrogens is 216 g/mol. The fourth-order valence-electron chi connectivity index (χ4n) is 1.93. The second-order valence-corrected chi connectivity index (χ2v) is 3.99. The summed E-state index contributed by atoms with van der Waals surface area (Å²) in [5.41, 5.74) is 4.82. The van der Waals surface area contributed by atoms with E-state index in [1.165, 1.54) is 16.7 Å². The molecular formula is C18H21. The molecule has 0 fully saturated rings. The summed E-state index contributed by atoms with van der Waals surface area (Å²) in [5.74, 6) is 0. The fraction of sp³-hybridized carbons (Fsp3) is 0.222. The van der Waals surface area contributed by atoms with E-state index in [0.717, 1.165) is 5.56 Å². The largest absolute Gasteiger partial charge is 0.0870 e. The molecule has 0 aliphatic rings. The summed E-state index contributed by atoms with van der Waals surface area (Å²) in [4.78, 5) is 0. The lowest BCUT2D eigenvalue weighted by Crippen LogP contribution is -1.91. The molecule has 18 heavy (non-hydrogen) atoms. The first-order chi connectivity index (χ1) is 8.78. The standard InChI is InChI=1S/C18H21/c1-5-9-15-13-14-16(10-6-2)18(12-8-4)17(15)11-7-3/h5-13H,1-4H3/b9-5-,10-6-,11-7-,12-8-. The highest BCUT2D eigenvalue weighted by Crippen LogP contribution is 2.24. The van der Waals surface area contributed by atoms with Crippen LogP contribution in [0.1, 0.15) is 49.9 Å². The Morgan fingerprint density at radius 2 is 1.28 bits per heavy atom. The summed E-state index contributed by atoms with van der Waals surface area (Å²) < 4.78 is 0. The summed E-state index contributed by atoms with van der Waals surface area (Å²) in [6.45, 7) is 8.16. The first-order valence-corrected chi connectivity index (χ1v) is 6.37. The highest BCUT2D eigenvalue weighted by Gasteiger charge is 2.05. The van der Waals surface area contributed by atoms with Gasteiger partial charge in [0.2, 0.25) is 0 Å². The van der Waals surface area contributed by atoms with Crippen LogP contribution in [0.5, 0.6) is 0 Å². The van der Waals surface area contributed by atoms with Gasteiger partial charge in [0.15, 0.2) is 0 Å². The maximum absolute atomic E-state index is 3.35. The zero-order valence-electron chi connectivity index (χ0n) is 11.7. The molecule has 0 spiro atoms. The quantitative estimate of drug-likeness (QED) is 0.637. The van der Waals surface area contributed by atoms with E-state index in [0.29, 0.717) is 0 Å². The smallest absolute Gasteiger partial charge is 0.00927 e. The molecule has 0 atom stereocenters. The van der Waals surface area contributed by atoms with Crippen LogP contribution in [-0.4, -0.2) is 0 Å². The van der Waals surface area contributed by atoms with Gasteiger partial charge in [-0.2, -0.15) is 0 Å². The highest BCUT2D eigenvalue weighted by molar-refractivity contribution is 5.79. The minimum absolute atomic E-state index is 1.14. The Morgan fingerprint density at radius 3 is 1.83 bits per heavy atom. The van der Waals surface area contributed by atoms with Crippen LogP contribution in [0.2, 0.25) is 0 Å². The van der Waals surface area contributed by atoms with Crippen molar-refractivity contribution in [1.29, 1.82) is 0 Å². The Bertz CT molecular complexity index is 450. The number of benzene rings is 1. The molecule has 0 aromatic heterocycles. The van der Waals surface area contributed by atoms with Crippen LogP contribution in [0.25, 0.3) is 24.3 Å². The molecule has 1 aromatic carbocycles. The third-order valence-electron chi connectivity index (χ3n) is 2.62. The van der Waals surface area contributed by atoms with Gasteiger partial charge >= 0.3 is 0 Å². The molecule has 0 heteroatoms. The van der Waals surface area contributed by atoms with Crippen LogP contribution < -0.4 is 0 Å². The topological polar surface area (TPSA) is 0 Å². The molecule has 0 heterocycles. The van der Waals surface area contributed by atoms with Gasteiger partial charge in [-0.05, 0) is 62.1 Å². The monoisotopic (exact) mass is 237 g/mol. The lowest BCUT2D eigenvalue weighted by Gasteiger charge is -2.10. The van der Waals surface area contributed by atoms with Crippen LogP contribution in [-0.2, 0) is 0 Å². The van der Waals surface area contributed by atoms with Gasteiger partial charge in [0.1, 0.15) is 0 Å². The van der Waals surface area contributed by atoms with Gasteiger partial charge in [0, 0.05) is 0 Å². The molecule has 1 radical (unpaired) electrons. The van der Waals surface area contributed by atoms with E-state index in [1.54, 1.807) is 0 Å². The van der Waals surface area contributed by atoms with Gasteiger partial charge in [0.05, 0.1) is 0 Å². The third kappa shape index (κ3) is 3.33. The molecule has 1 aromatic rings. The predicted octanol–water partition coefficient (Wildman–Crippen LogP) is 5.62. The summed E-state index contributed by atoms with van der Waals surface area (Å²) >= 11 is 0. The molecule has 1 rings (SSSR count). The third-order valence-corrected chi connectivity index (χ3v) is 2.62. The van der Waals surface area contributed by atoms with E-state index in [9.17, 15) is 0 Å². The number of hydrogen-bond donors (Lipinski definition) is 0. The van der Waals surface area contributed by atoms with Gasteiger partial charge in [-0.3, -0.25) is 0 Å². The molecule has 93 valence electrons. The maximum Gasteiger partial charge on any atom is -0.00927 e. The van der Waals surface area contributed by atoms with Crippen molar-refractivity contribution in [1.82, 2.24) is 0 Å². The first kappa shape index (κ1) is 14.2. The average molecular weight is 237 g/mol. The number of allylic oxidation sites excluding steroid dienone is 4. The SMILES string of the molecule is C/C=C\c1[c]cc(/C=C\C)c(/C=C\C)c1/C=C\C. The van der Waals surface area contributed by atoms with Gasteiger partial charge in [-0.15, -0.1) is 0 Å². The summed E-state index contributed by atoms with van der Waals surface area (Å²) in [6.07, 6.45) is 16.8. The minimum atomic E-state index is 1.14. The Hall–Kier alpha value is -1.82. The van der Waals surface area contributed by atoms with Crippen molar-refractivity contribution >= 4 is 24.3 Å². The summed E-state index contributed by atoms with van der Waals surface area (Å²) in [7, 11) is 0. The fourth-order valence-corrected chi connectivity index (χ4v) is 1.93. The van der Waals surface area contributed by atoms with E-state index in [2.05, 4.69) is 54.7 Å². The lowest BCUT2D eigenvalue weighted by molar-refractivity contribution is 1.51. The van der Waals surface area contributed by atoms with Crippen LogP contribution in [0.3, 0.4) is 0 Å². The Kier molecular flexibility index (Phi) is 5.93. The van der Waals surface area contributed by atoms with Crippen molar-refractivity contribution in [2.75, 3.05) is 0 Å². The van der Waals surface area contributed by atoms with Crippen molar-refractivity contribution in [3.63, 3.8) is 0 Å². The van der Waals surface area contributed by atoms with E-state index >= 15 is 0 Å². The van der Waals surface area contributed by atoms with Crippen LogP contribution >= 0.6 is 0 Å². The normalized spacial score (nSPS) is 12.7. The molecule has 0 aliphatic heterocycles. The zero-order valence-corrected chi connectivity index (χ0v) is 11.7. The van der Waals surface area contributed by atoms with Crippen molar-refractivity contribution in [2.45, 2.75) is 27.7 Å². The van der Waals surface area contributed by atoms with Crippen molar-refractivity contribution < 1.29 is 0 Å². The van der Waals surface area contributed by atoms with Gasteiger partial charge < -0.3 is 0 Å². The Morgan fingerprint density at radius 1 is 0.722 bits per heavy atom. The molecule has 0 bridgehead atoms. The number of rotatable bonds is 4. The molecule has 0 unspecified atom stereocenters. The molecule has 0 nitrogen and oxygen atoms in total. The van der Waals surface area contributed by atoms with Crippen molar-refractivity contribution in [3.8, 4) is 0 Å².